The molecule has 1 aromatic heterocycles. The molecule has 0 saturated carbocycles. The molecule has 230 valence electrons. The Hall–Kier alpha value is -3.59. The Morgan fingerprint density at radius 1 is 0.951 bits per heavy atom. The Morgan fingerprint density at radius 3 is 2.05 bits per heavy atom. The molecule has 0 bridgehead atoms. The first-order valence-electron chi connectivity index (χ1n) is 13.0. The minimum absolute atomic E-state index is 0.128. The molecule has 2 rings (SSSR count). The standard InChI is InChI=1S/C26H38FN3O11/c1-14(2)22(33)37-12-26(27)20(40-24(35)16(5)6)19(39-23(34)15(3)4)21(41-26)29-10-9-17(31)30(25(29)36)13-38-18(32)11-28(7)8/h9-10,14-16,19-21H,11-13H2,1-8H3/t19-,20+,21-,26-/m1/s1. The number of aromatic nitrogens is 2. The number of hydrogen-bond acceptors (Lipinski definition) is 12. The van der Waals surface area contributed by atoms with E-state index in [-0.39, 0.29) is 6.54 Å². The molecule has 0 aliphatic carbocycles. The predicted octanol–water partition coefficient (Wildman–Crippen LogP) is 0.602. The van der Waals surface area contributed by atoms with Crippen LogP contribution in [0.3, 0.4) is 0 Å². The van der Waals surface area contributed by atoms with Crippen molar-refractivity contribution in [2.24, 2.45) is 17.8 Å². The molecule has 0 radical (unpaired) electrons. The Balaban J connectivity index is 2.61. The van der Waals surface area contributed by atoms with Gasteiger partial charge in [-0.15, -0.1) is 0 Å². The summed E-state index contributed by atoms with van der Waals surface area (Å²) in [5, 5.41) is 0. The van der Waals surface area contributed by atoms with Gasteiger partial charge in [-0.2, -0.15) is 0 Å². The van der Waals surface area contributed by atoms with Crippen molar-refractivity contribution in [2.75, 3.05) is 27.2 Å². The number of ether oxygens (including phenoxy) is 5. The number of carbonyl (C=O) groups excluding carboxylic acids is 4. The van der Waals surface area contributed by atoms with E-state index in [4.69, 9.17) is 23.7 Å². The predicted molar refractivity (Wildman–Crippen MR) is 139 cm³/mol. The molecule has 0 amide bonds. The third-order valence-corrected chi connectivity index (χ3v) is 5.81. The van der Waals surface area contributed by atoms with E-state index in [0.29, 0.717) is 4.57 Å². The lowest BCUT2D eigenvalue weighted by atomic mass is 10.1. The highest BCUT2D eigenvalue weighted by Crippen LogP contribution is 2.42. The summed E-state index contributed by atoms with van der Waals surface area (Å²) >= 11 is 0. The molecule has 1 aliphatic rings. The van der Waals surface area contributed by atoms with Gasteiger partial charge in [-0.05, 0) is 14.1 Å². The normalized spacial score (nSPS) is 22.3. The highest BCUT2D eigenvalue weighted by atomic mass is 19.2. The first kappa shape index (κ1) is 33.6. The minimum Gasteiger partial charge on any atom is -0.459 e. The van der Waals surface area contributed by atoms with E-state index in [2.05, 4.69) is 0 Å². The van der Waals surface area contributed by atoms with E-state index in [1.807, 2.05) is 0 Å². The van der Waals surface area contributed by atoms with Gasteiger partial charge in [0.1, 0.15) is 0 Å². The van der Waals surface area contributed by atoms with Gasteiger partial charge in [0, 0.05) is 12.3 Å². The van der Waals surface area contributed by atoms with Gasteiger partial charge < -0.3 is 23.7 Å². The zero-order chi connectivity index (χ0) is 31.2. The molecule has 4 atom stereocenters. The fraction of sp³-hybridized carbons (Fsp3) is 0.692. The van der Waals surface area contributed by atoms with Crippen molar-refractivity contribution in [2.45, 2.75) is 72.6 Å². The van der Waals surface area contributed by atoms with Gasteiger partial charge in [0.2, 0.25) is 6.10 Å². The van der Waals surface area contributed by atoms with Crippen LogP contribution in [0.15, 0.2) is 21.9 Å². The van der Waals surface area contributed by atoms with E-state index in [9.17, 15) is 28.8 Å². The molecule has 2 heterocycles. The largest absolute Gasteiger partial charge is 0.459 e. The Morgan fingerprint density at radius 2 is 1.51 bits per heavy atom. The van der Waals surface area contributed by atoms with Crippen LogP contribution < -0.4 is 11.2 Å². The number of esters is 4. The second-order valence-corrected chi connectivity index (χ2v) is 10.8. The van der Waals surface area contributed by atoms with Gasteiger partial charge in [0.15, 0.2) is 25.7 Å². The molecule has 1 fully saturated rings. The SMILES string of the molecule is CC(C)C(=O)OC[C@@]1(F)O[C@@H](n2ccc(=O)n(COC(=O)CN(C)C)c2=O)[C@H](OC(=O)C(C)C)[C@@H]1OC(=O)C(C)C. The number of carbonyl (C=O) groups is 4. The fourth-order valence-corrected chi connectivity index (χ4v) is 3.49. The molecule has 1 aliphatic heterocycles. The number of nitrogens with zero attached hydrogens (tertiary/aromatic N) is 3. The topological polar surface area (TPSA) is 162 Å². The van der Waals surface area contributed by atoms with Gasteiger partial charge in [0.05, 0.1) is 24.3 Å². The van der Waals surface area contributed by atoms with Crippen molar-refractivity contribution in [3.05, 3.63) is 33.1 Å². The van der Waals surface area contributed by atoms with Crippen LogP contribution in [0.4, 0.5) is 4.39 Å². The zero-order valence-corrected chi connectivity index (χ0v) is 24.5. The maximum absolute atomic E-state index is 16.5. The Labute approximate surface area is 236 Å². The summed E-state index contributed by atoms with van der Waals surface area (Å²) < 4.78 is 44.3. The second-order valence-electron chi connectivity index (χ2n) is 10.8. The summed E-state index contributed by atoms with van der Waals surface area (Å²) in [5.74, 6) is -8.39. The van der Waals surface area contributed by atoms with Gasteiger partial charge in [-0.25, -0.2) is 13.8 Å². The molecule has 0 N–H and O–H groups in total. The molecule has 14 nitrogen and oxygen atoms in total. The third-order valence-electron chi connectivity index (χ3n) is 5.81. The van der Waals surface area contributed by atoms with Crippen molar-refractivity contribution in [3.8, 4) is 0 Å². The molecule has 1 aromatic rings. The van der Waals surface area contributed by atoms with Crippen LogP contribution in [-0.4, -0.2) is 83.2 Å². The molecular weight excluding hydrogens is 549 g/mol. The highest BCUT2D eigenvalue weighted by molar-refractivity contribution is 5.73. The summed E-state index contributed by atoms with van der Waals surface area (Å²) in [6.07, 6.45) is -4.55. The van der Waals surface area contributed by atoms with E-state index in [1.165, 1.54) is 46.4 Å². The van der Waals surface area contributed by atoms with Crippen LogP contribution in [-0.2, 0) is 49.6 Å². The van der Waals surface area contributed by atoms with Gasteiger partial charge in [-0.1, -0.05) is 41.5 Å². The molecule has 15 heteroatoms. The van der Waals surface area contributed by atoms with Crippen LogP contribution in [0.5, 0.6) is 0 Å². The highest BCUT2D eigenvalue weighted by Gasteiger charge is 2.62. The zero-order valence-electron chi connectivity index (χ0n) is 24.5. The summed E-state index contributed by atoms with van der Waals surface area (Å²) in [7, 11) is 3.23. The Bertz CT molecular complexity index is 1240. The maximum Gasteiger partial charge on any atom is 0.336 e. The van der Waals surface area contributed by atoms with Crippen LogP contribution in [0, 0.1) is 17.8 Å². The minimum atomic E-state index is -3.07. The van der Waals surface area contributed by atoms with E-state index >= 15 is 4.39 Å². The number of halogens is 1. The van der Waals surface area contributed by atoms with Gasteiger partial charge in [-0.3, -0.25) is 33.4 Å². The van der Waals surface area contributed by atoms with Gasteiger partial charge >= 0.3 is 29.6 Å². The second kappa shape index (κ2) is 13.9. The third kappa shape index (κ3) is 8.45. The summed E-state index contributed by atoms with van der Waals surface area (Å²) in [4.78, 5) is 76.7. The molecule has 41 heavy (non-hydrogen) atoms. The van der Waals surface area contributed by atoms with Crippen LogP contribution in [0.1, 0.15) is 47.8 Å². The molecule has 0 spiro atoms. The van der Waals surface area contributed by atoms with E-state index in [1.54, 1.807) is 14.1 Å². The monoisotopic (exact) mass is 587 g/mol. The lowest BCUT2D eigenvalue weighted by molar-refractivity contribution is -0.226. The summed E-state index contributed by atoms with van der Waals surface area (Å²) in [6.45, 7) is 7.05. The average molecular weight is 588 g/mol. The molecular formula is C26H38FN3O11. The van der Waals surface area contributed by atoms with E-state index < -0.39 is 90.5 Å². The van der Waals surface area contributed by atoms with Crippen molar-refractivity contribution in [1.82, 2.24) is 14.0 Å². The summed E-state index contributed by atoms with van der Waals surface area (Å²) in [6, 6.07) is 0.929. The number of likely N-dealkylation sites (N-methyl/N-ethyl adjacent to an activating group) is 1. The van der Waals surface area contributed by atoms with Crippen LogP contribution in [0.2, 0.25) is 0 Å². The first-order chi connectivity index (χ1) is 19.0. The van der Waals surface area contributed by atoms with Crippen LogP contribution in [0.25, 0.3) is 0 Å². The number of rotatable bonds is 12. The Kier molecular flexibility index (Phi) is 11.4. The fourth-order valence-electron chi connectivity index (χ4n) is 3.49. The van der Waals surface area contributed by atoms with Crippen molar-refractivity contribution in [3.63, 3.8) is 0 Å². The van der Waals surface area contributed by atoms with Gasteiger partial charge in [0.25, 0.3) is 11.4 Å². The van der Waals surface area contributed by atoms with Crippen molar-refractivity contribution in [1.29, 1.82) is 0 Å². The lowest BCUT2D eigenvalue weighted by Gasteiger charge is -2.28. The molecule has 0 unspecified atom stereocenters. The summed E-state index contributed by atoms with van der Waals surface area (Å²) in [5.41, 5.74) is -1.96. The average Bonchev–Trinajstić information content (AvgIpc) is 3.12. The van der Waals surface area contributed by atoms with Crippen molar-refractivity contribution >= 4 is 23.9 Å². The van der Waals surface area contributed by atoms with E-state index in [0.717, 1.165) is 16.8 Å². The molecule has 0 aromatic carbocycles. The lowest BCUT2D eigenvalue weighted by Crippen LogP contribution is -2.49. The smallest absolute Gasteiger partial charge is 0.336 e. The number of alkyl halides is 1. The maximum atomic E-state index is 16.5. The number of hydrogen-bond donors (Lipinski definition) is 0. The quantitative estimate of drug-likeness (QED) is 0.248. The van der Waals surface area contributed by atoms with Crippen LogP contribution >= 0.6 is 0 Å². The van der Waals surface area contributed by atoms with Crippen molar-refractivity contribution < 1.29 is 47.3 Å². The first-order valence-corrected chi connectivity index (χ1v) is 13.0. The molecule has 1 saturated heterocycles.